The van der Waals surface area contributed by atoms with Crippen LogP contribution in [0.3, 0.4) is 0 Å². The van der Waals surface area contributed by atoms with Gasteiger partial charge in [0.2, 0.25) is 15.7 Å². The Kier molecular flexibility index (Phi) is 5.44. The number of nitrogens with zero attached hydrogens (tertiary/aromatic N) is 1. The zero-order valence-electron chi connectivity index (χ0n) is 16.8. The van der Waals surface area contributed by atoms with Gasteiger partial charge in [0.05, 0.1) is 9.79 Å². The van der Waals surface area contributed by atoms with Gasteiger partial charge in [0, 0.05) is 28.4 Å². The number of benzene rings is 3. The first kappa shape index (κ1) is 20.6. The number of carbonyl (C=O) groups is 2. The zero-order valence-corrected chi connectivity index (χ0v) is 17.6. The number of rotatable bonds is 6. The van der Waals surface area contributed by atoms with Gasteiger partial charge in [-0.2, -0.15) is 0 Å². The van der Waals surface area contributed by atoms with E-state index >= 15 is 0 Å². The minimum atomic E-state index is -3.74. The molecule has 1 amide bonds. The molecular formula is C24H20N2O4S. The van der Waals surface area contributed by atoms with Gasteiger partial charge >= 0.3 is 0 Å². The summed E-state index contributed by atoms with van der Waals surface area (Å²) >= 11 is 0. The van der Waals surface area contributed by atoms with Crippen molar-refractivity contribution in [1.82, 2.24) is 4.57 Å². The third-order valence-electron chi connectivity index (χ3n) is 4.96. The van der Waals surface area contributed by atoms with Gasteiger partial charge in [-0.25, -0.2) is 8.42 Å². The predicted molar refractivity (Wildman–Crippen MR) is 119 cm³/mol. The topological polar surface area (TPSA) is 85.2 Å². The lowest BCUT2D eigenvalue weighted by molar-refractivity contribution is -0.116. The van der Waals surface area contributed by atoms with E-state index in [1.54, 1.807) is 83.4 Å². The molecule has 0 unspecified atom stereocenters. The van der Waals surface area contributed by atoms with Crippen LogP contribution in [0.4, 0.5) is 5.69 Å². The number of nitrogens with one attached hydrogen (secondary N) is 1. The monoisotopic (exact) mass is 432 g/mol. The number of hydrogen-bond donors (Lipinski definition) is 1. The van der Waals surface area contributed by atoms with Crippen molar-refractivity contribution in [1.29, 1.82) is 0 Å². The minimum Gasteiger partial charge on any atom is -0.337 e. The first-order chi connectivity index (χ1) is 14.9. The highest BCUT2D eigenvalue weighted by molar-refractivity contribution is 7.91. The van der Waals surface area contributed by atoms with Gasteiger partial charge in [-0.15, -0.1) is 0 Å². The molecule has 0 aliphatic heterocycles. The molecule has 0 aliphatic carbocycles. The third-order valence-corrected chi connectivity index (χ3v) is 6.76. The molecular weight excluding hydrogens is 412 g/mol. The van der Waals surface area contributed by atoms with Gasteiger partial charge in [0.25, 0.3) is 0 Å². The molecule has 31 heavy (non-hydrogen) atoms. The Balaban J connectivity index is 1.67. The highest BCUT2D eigenvalue weighted by atomic mass is 32.2. The average molecular weight is 433 g/mol. The molecule has 0 fully saturated rings. The normalized spacial score (nSPS) is 11.4. The van der Waals surface area contributed by atoms with Gasteiger partial charge in [-0.1, -0.05) is 48.5 Å². The van der Waals surface area contributed by atoms with Crippen molar-refractivity contribution >= 4 is 38.1 Å². The summed E-state index contributed by atoms with van der Waals surface area (Å²) < 4.78 is 28.0. The predicted octanol–water partition coefficient (Wildman–Crippen LogP) is 4.32. The molecule has 1 heterocycles. The Morgan fingerprint density at radius 3 is 2.35 bits per heavy atom. The van der Waals surface area contributed by atoms with Crippen LogP contribution in [0.2, 0.25) is 0 Å². The van der Waals surface area contributed by atoms with Crippen LogP contribution in [0.15, 0.2) is 94.9 Å². The van der Waals surface area contributed by atoms with E-state index in [1.165, 1.54) is 13.1 Å². The largest absolute Gasteiger partial charge is 0.337 e. The lowest BCUT2D eigenvalue weighted by Crippen LogP contribution is -2.18. The molecule has 6 nitrogen and oxygen atoms in total. The van der Waals surface area contributed by atoms with E-state index < -0.39 is 9.84 Å². The Morgan fingerprint density at radius 2 is 1.61 bits per heavy atom. The van der Waals surface area contributed by atoms with Crippen LogP contribution in [0, 0.1) is 0 Å². The van der Waals surface area contributed by atoms with E-state index in [1.807, 2.05) is 0 Å². The second kappa shape index (κ2) is 8.20. The molecule has 0 radical (unpaired) electrons. The zero-order chi connectivity index (χ0) is 22.0. The van der Waals surface area contributed by atoms with E-state index in [0.717, 1.165) is 0 Å². The number of Topliss-reactive ketones (excluding diaryl/α,β-unsaturated/α-hetero) is 1. The van der Waals surface area contributed by atoms with Crippen molar-refractivity contribution < 1.29 is 18.0 Å². The molecule has 0 spiro atoms. The summed E-state index contributed by atoms with van der Waals surface area (Å²) in [6.45, 7) is 1.39. The maximum atomic E-state index is 13.2. The molecule has 7 heteroatoms. The quantitative estimate of drug-likeness (QED) is 0.460. The number of fused-ring (bicyclic) bond motifs is 1. The van der Waals surface area contributed by atoms with Crippen LogP contribution in [0.25, 0.3) is 10.9 Å². The van der Waals surface area contributed by atoms with Gasteiger partial charge in [0.15, 0.2) is 5.78 Å². The molecule has 3 aromatic carbocycles. The summed E-state index contributed by atoms with van der Waals surface area (Å²) in [4.78, 5) is 24.6. The van der Waals surface area contributed by atoms with Gasteiger partial charge in [-0.3, -0.25) is 9.59 Å². The van der Waals surface area contributed by atoms with Crippen molar-refractivity contribution in [2.45, 2.75) is 23.3 Å². The molecule has 0 saturated heterocycles. The van der Waals surface area contributed by atoms with Crippen LogP contribution < -0.4 is 5.32 Å². The number of anilines is 1. The minimum absolute atomic E-state index is 0.0743. The first-order valence-electron chi connectivity index (χ1n) is 9.65. The standard InChI is InChI=1S/C24H20N2O4S/c1-17(27)18-8-7-9-19(14-18)25-24(28)16-26-15-23(21-12-5-6-13-22(21)26)31(29,30)20-10-3-2-4-11-20/h2-15H,16H2,1H3,(H,25,28). The summed E-state index contributed by atoms with van der Waals surface area (Å²) in [5.74, 6) is -0.423. The second-order valence-corrected chi connectivity index (χ2v) is 9.06. The Bertz CT molecular complexity index is 1390. The van der Waals surface area contributed by atoms with E-state index in [4.69, 9.17) is 0 Å². The smallest absolute Gasteiger partial charge is 0.244 e. The molecule has 1 aromatic heterocycles. The number of para-hydroxylation sites is 1. The first-order valence-corrected chi connectivity index (χ1v) is 11.1. The number of amides is 1. The van der Waals surface area contributed by atoms with Gasteiger partial charge in [-0.05, 0) is 37.3 Å². The van der Waals surface area contributed by atoms with E-state index in [2.05, 4.69) is 5.32 Å². The molecule has 0 bridgehead atoms. The van der Waals surface area contributed by atoms with Gasteiger partial charge in [0.1, 0.15) is 6.54 Å². The highest BCUT2D eigenvalue weighted by Gasteiger charge is 2.23. The summed E-state index contributed by atoms with van der Waals surface area (Å²) in [6, 6.07) is 22.0. The molecule has 1 N–H and O–H groups in total. The molecule has 4 rings (SSSR count). The lowest BCUT2D eigenvalue weighted by Gasteiger charge is -2.08. The number of carbonyl (C=O) groups excluding carboxylic acids is 2. The summed E-state index contributed by atoms with van der Waals surface area (Å²) in [7, 11) is -3.74. The molecule has 0 atom stereocenters. The van der Waals surface area contributed by atoms with Crippen molar-refractivity contribution in [3.05, 3.63) is 90.6 Å². The molecule has 0 aliphatic rings. The fraction of sp³-hybridized carbons (Fsp3) is 0.0833. The second-order valence-electron chi connectivity index (χ2n) is 7.14. The van der Waals surface area contributed by atoms with Crippen LogP contribution >= 0.6 is 0 Å². The Hall–Kier alpha value is -3.71. The van der Waals surface area contributed by atoms with Crippen molar-refractivity contribution in [2.75, 3.05) is 5.32 Å². The summed E-state index contributed by atoms with van der Waals surface area (Å²) in [5.41, 5.74) is 1.65. The number of ketones is 1. The van der Waals surface area contributed by atoms with E-state index in [9.17, 15) is 18.0 Å². The lowest BCUT2D eigenvalue weighted by atomic mass is 10.1. The third kappa shape index (κ3) is 4.13. The van der Waals surface area contributed by atoms with Crippen molar-refractivity contribution in [3.63, 3.8) is 0 Å². The fourth-order valence-electron chi connectivity index (χ4n) is 3.46. The van der Waals surface area contributed by atoms with Crippen LogP contribution in [-0.2, 0) is 21.2 Å². The fourth-order valence-corrected chi connectivity index (χ4v) is 4.95. The van der Waals surface area contributed by atoms with E-state index in [0.29, 0.717) is 22.2 Å². The van der Waals surface area contributed by atoms with E-state index in [-0.39, 0.29) is 28.0 Å². The summed E-state index contributed by atoms with van der Waals surface area (Å²) in [5, 5.41) is 3.32. The van der Waals surface area contributed by atoms with Crippen LogP contribution in [0.1, 0.15) is 17.3 Å². The number of hydrogen-bond acceptors (Lipinski definition) is 4. The van der Waals surface area contributed by atoms with Crippen molar-refractivity contribution in [3.8, 4) is 0 Å². The SMILES string of the molecule is CC(=O)c1cccc(NC(=O)Cn2cc(S(=O)(=O)c3ccccc3)c3ccccc32)c1. The summed E-state index contributed by atoms with van der Waals surface area (Å²) in [6.07, 6.45) is 1.50. The Labute approximate surface area is 180 Å². The molecule has 4 aromatic rings. The number of sulfone groups is 1. The number of aromatic nitrogens is 1. The van der Waals surface area contributed by atoms with Crippen LogP contribution in [-0.4, -0.2) is 24.7 Å². The van der Waals surface area contributed by atoms with Gasteiger partial charge < -0.3 is 9.88 Å². The molecule has 0 saturated carbocycles. The maximum Gasteiger partial charge on any atom is 0.244 e. The van der Waals surface area contributed by atoms with Crippen molar-refractivity contribution in [2.24, 2.45) is 0 Å². The average Bonchev–Trinajstić information content (AvgIpc) is 3.14. The maximum absolute atomic E-state index is 13.2. The Morgan fingerprint density at radius 1 is 0.903 bits per heavy atom. The highest BCUT2D eigenvalue weighted by Crippen LogP contribution is 2.30. The molecule has 156 valence electrons. The van der Waals surface area contributed by atoms with Crippen LogP contribution in [0.5, 0.6) is 0 Å².